The summed E-state index contributed by atoms with van der Waals surface area (Å²) in [4.78, 5) is 61.8. The van der Waals surface area contributed by atoms with Crippen LogP contribution in [0, 0.1) is 0 Å². The largest absolute Gasteiger partial charge is 0.462 e. The highest BCUT2D eigenvalue weighted by molar-refractivity contribution is 7.71. The SMILES string of the molecule is CC(=O)OCC(OC(C)=O)[C@H]1OC(OP(=O)(CP(=O)(OCc2ccccc2)OCc2ccccc2)OCc2ccccc2)[C@@H](OC(C)=O)[C@@H](OC(C)=O)[C@@H]1OC(C)=O. The van der Waals surface area contributed by atoms with E-state index in [2.05, 4.69) is 0 Å². The van der Waals surface area contributed by atoms with Gasteiger partial charge in [0.05, 0.1) is 19.8 Å². The fourth-order valence-corrected chi connectivity index (χ4v) is 10.2. The molecule has 1 aliphatic heterocycles. The van der Waals surface area contributed by atoms with Crippen molar-refractivity contribution in [3.05, 3.63) is 108 Å². The minimum Gasteiger partial charge on any atom is -0.462 e. The monoisotopic (exact) mass is 848 g/mol. The summed E-state index contributed by atoms with van der Waals surface area (Å²) in [5, 5.41) is 0. The Kier molecular flexibility index (Phi) is 17.3. The minimum atomic E-state index is -4.89. The first-order valence-electron chi connectivity index (χ1n) is 17.9. The van der Waals surface area contributed by atoms with Crippen molar-refractivity contribution in [3.8, 4) is 0 Å². The van der Waals surface area contributed by atoms with Crippen molar-refractivity contribution in [1.29, 1.82) is 0 Å². The van der Waals surface area contributed by atoms with Crippen molar-refractivity contribution in [2.24, 2.45) is 0 Å². The van der Waals surface area contributed by atoms with Crippen molar-refractivity contribution < 1.29 is 79.6 Å². The van der Waals surface area contributed by atoms with Gasteiger partial charge in [-0.15, -0.1) is 0 Å². The molecule has 0 N–H and O–H groups in total. The molecule has 7 atom stereocenters. The number of carbonyl (C=O) groups excluding carboxylic acids is 5. The van der Waals surface area contributed by atoms with Gasteiger partial charge in [-0.25, -0.2) is 0 Å². The molecule has 4 rings (SSSR count). The zero-order valence-corrected chi connectivity index (χ0v) is 34.3. The summed E-state index contributed by atoms with van der Waals surface area (Å²) in [7, 11) is -9.40. The Morgan fingerprint density at radius 2 is 0.966 bits per heavy atom. The minimum absolute atomic E-state index is 0.248. The van der Waals surface area contributed by atoms with E-state index in [4.69, 9.17) is 46.5 Å². The molecule has 0 spiro atoms. The van der Waals surface area contributed by atoms with E-state index in [0.29, 0.717) is 16.7 Å². The second kappa shape index (κ2) is 21.9. The smallest absolute Gasteiger partial charge is 0.345 e. The molecule has 3 aromatic rings. The Hall–Kier alpha value is -4.73. The second-order valence-electron chi connectivity index (χ2n) is 12.9. The quantitative estimate of drug-likeness (QED) is 0.0723. The predicted octanol–water partition coefficient (Wildman–Crippen LogP) is 6.01. The predicted molar refractivity (Wildman–Crippen MR) is 202 cm³/mol. The van der Waals surface area contributed by atoms with Crippen LogP contribution in [0.5, 0.6) is 0 Å². The van der Waals surface area contributed by atoms with Crippen LogP contribution in [0.4, 0.5) is 0 Å². The van der Waals surface area contributed by atoms with Crippen LogP contribution in [-0.4, -0.2) is 79.2 Å². The molecule has 58 heavy (non-hydrogen) atoms. The standard InChI is InChI=1S/C39H46O17P2/c1-26(40)47-24-34(51-27(2)41)35-36(52-28(3)42)37(53-29(4)43)38(54-30(5)44)39(55-35)56-58(46,50-23-33-19-13-8-14-20-33)25-57(45,48-21-31-15-9-6-10-16-31)49-22-32-17-11-7-12-18-32/h6-20,34-39H,21-25H2,1-5H3/t34?,35-,36-,37+,38+,39?,58?/m1/s1. The molecule has 314 valence electrons. The summed E-state index contributed by atoms with van der Waals surface area (Å²) in [5.41, 5.74) is 1.72. The van der Waals surface area contributed by atoms with Gasteiger partial charge in [-0.2, -0.15) is 0 Å². The summed E-state index contributed by atoms with van der Waals surface area (Å²) in [6.45, 7) is 3.61. The van der Waals surface area contributed by atoms with E-state index in [-0.39, 0.29) is 19.8 Å². The van der Waals surface area contributed by atoms with Crippen molar-refractivity contribution in [2.75, 3.05) is 12.5 Å². The molecule has 1 aliphatic rings. The Morgan fingerprint density at radius 3 is 1.38 bits per heavy atom. The van der Waals surface area contributed by atoms with E-state index in [1.165, 1.54) is 0 Å². The molecule has 0 amide bonds. The number of rotatable bonds is 20. The van der Waals surface area contributed by atoms with Gasteiger partial charge < -0.3 is 42.0 Å². The molecule has 0 saturated carbocycles. The van der Waals surface area contributed by atoms with Crippen LogP contribution in [0.25, 0.3) is 0 Å². The fourth-order valence-electron chi connectivity index (χ4n) is 5.63. The summed E-state index contributed by atoms with van der Waals surface area (Å²) in [6, 6.07) is 25.8. The zero-order valence-electron chi connectivity index (χ0n) is 32.5. The maximum atomic E-state index is 15.2. The number of benzene rings is 3. The number of hydrogen-bond donors (Lipinski definition) is 0. The summed E-state index contributed by atoms with van der Waals surface area (Å²) < 4.78 is 87.2. The average molecular weight is 849 g/mol. The Labute approximate surface area is 335 Å². The highest BCUT2D eigenvalue weighted by atomic mass is 31.2. The molecule has 3 unspecified atom stereocenters. The number of carbonyl (C=O) groups is 5. The molecule has 17 nitrogen and oxygen atoms in total. The summed E-state index contributed by atoms with van der Waals surface area (Å²) in [6.07, 6.45) is -10.7. The lowest BCUT2D eigenvalue weighted by Gasteiger charge is -2.46. The lowest BCUT2D eigenvalue weighted by atomic mass is 9.94. The number of hydrogen-bond acceptors (Lipinski definition) is 17. The molecular formula is C39H46O17P2. The van der Waals surface area contributed by atoms with Gasteiger partial charge in [0.1, 0.15) is 12.7 Å². The molecule has 0 aliphatic carbocycles. The van der Waals surface area contributed by atoms with Crippen LogP contribution in [0.3, 0.4) is 0 Å². The summed E-state index contributed by atoms with van der Waals surface area (Å²) in [5.74, 6) is -5.58. The zero-order chi connectivity index (χ0) is 42.3. The fraction of sp³-hybridized carbons (Fsp3) is 0.410. The van der Waals surface area contributed by atoms with E-state index in [1.807, 2.05) is 0 Å². The Balaban J connectivity index is 1.83. The Morgan fingerprint density at radius 1 is 0.552 bits per heavy atom. The average Bonchev–Trinajstić information content (AvgIpc) is 3.17. The maximum Gasteiger partial charge on any atom is 0.345 e. The number of ether oxygens (including phenoxy) is 6. The lowest BCUT2D eigenvalue weighted by molar-refractivity contribution is -0.300. The van der Waals surface area contributed by atoms with E-state index in [1.54, 1.807) is 91.0 Å². The first-order valence-corrected chi connectivity index (χ1v) is 21.4. The van der Waals surface area contributed by atoms with E-state index < -0.39 is 94.4 Å². The maximum absolute atomic E-state index is 15.2. The molecule has 0 radical (unpaired) electrons. The van der Waals surface area contributed by atoms with Gasteiger partial charge in [-0.1, -0.05) is 91.0 Å². The summed E-state index contributed by atoms with van der Waals surface area (Å²) >= 11 is 0. The molecule has 0 aromatic heterocycles. The van der Waals surface area contributed by atoms with Gasteiger partial charge in [0.2, 0.25) is 6.29 Å². The molecular weight excluding hydrogens is 802 g/mol. The van der Waals surface area contributed by atoms with Gasteiger partial charge >= 0.3 is 45.0 Å². The van der Waals surface area contributed by atoms with Gasteiger partial charge in [0.25, 0.3) is 0 Å². The van der Waals surface area contributed by atoms with Crippen LogP contribution in [0.15, 0.2) is 91.0 Å². The van der Waals surface area contributed by atoms with Crippen molar-refractivity contribution in [1.82, 2.24) is 0 Å². The molecule has 1 fully saturated rings. The molecule has 1 heterocycles. The van der Waals surface area contributed by atoms with Gasteiger partial charge in [-0.3, -0.25) is 37.6 Å². The van der Waals surface area contributed by atoms with E-state index in [9.17, 15) is 28.5 Å². The number of esters is 5. The van der Waals surface area contributed by atoms with Crippen molar-refractivity contribution in [3.63, 3.8) is 0 Å². The third-order valence-electron chi connectivity index (χ3n) is 7.99. The Bertz CT molecular complexity index is 1880. The van der Waals surface area contributed by atoms with Crippen LogP contribution in [0.1, 0.15) is 51.3 Å². The normalized spacial score (nSPS) is 20.7. The van der Waals surface area contributed by atoms with Crippen molar-refractivity contribution in [2.45, 2.75) is 91.2 Å². The van der Waals surface area contributed by atoms with Crippen LogP contribution < -0.4 is 0 Å². The topological polar surface area (TPSA) is 212 Å². The second-order valence-corrected chi connectivity index (χ2v) is 17.4. The lowest BCUT2D eigenvalue weighted by Crippen LogP contribution is -2.65. The van der Waals surface area contributed by atoms with Gasteiger partial charge in [-0.05, 0) is 16.7 Å². The van der Waals surface area contributed by atoms with Gasteiger partial charge in [0, 0.05) is 34.6 Å². The van der Waals surface area contributed by atoms with Crippen LogP contribution in [0.2, 0.25) is 0 Å². The third kappa shape index (κ3) is 14.9. The van der Waals surface area contributed by atoms with E-state index in [0.717, 1.165) is 34.6 Å². The van der Waals surface area contributed by atoms with Crippen molar-refractivity contribution >= 4 is 45.0 Å². The molecule has 3 aromatic carbocycles. The first kappa shape index (κ1) is 46.0. The molecule has 19 heteroatoms. The highest BCUT2D eigenvalue weighted by Crippen LogP contribution is 2.66. The molecule has 0 bridgehead atoms. The first-order chi connectivity index (χ1) is 27.5. The molecule has 1 saturated heterocycles. The third-order valence-corrected chi connectivity index (χ3v) is 12.9. The van der Waals surface area contributed by atoms with E-state index >= 15 is 4.57 Å². The van der Waals surface area contributed by atoms with Gasteiger partial charge in [0.15, 0.2) is 30.3 Å². The van der Waals surface area contributed by atoms with Crippen LogP contribution in [-0.2, 0) is 99.4 Å². The van der Waals surface area contributed by atoms with Crippen LogP contribution >= 0.6 is 15.2 Å². The highest BCUT2D eigenvalue weighted by Gasteiger charge is 2.57.